The van der Waals surface area contributed by atoms with Gasteiger partial charge in [-0.1, -0.05) is 42.0 Å². The summed E-state index contributed by atoms with van der Waals surface area (Å²) in [6.45, 7) is 2.17. The standard InChI is InChI=1S/C18H21N3O5S/c1-13-3-5-14(6-4-13)11-19-27(24,25)17-12-26-20(2)18(17)15-7-9-16(10-8-15)21(22)23/h3-10,17-19H,11-12H2,1-2H3/t17-,18+/m0/s1. The molecule has 0 amide bonds. The maximum absolute atomic E-state index is 12.9. The molecule has 2 aromatic rings. The summed E-state index contributed by atoms with van der Waals surface area (Å²) < 4.78 is 28.3. The van der Waals surface area contributed by atoms with Gasteiger partial charge in [0.2, 0.25) is 10.0 Å². The van der Waals surface area contributed by atoms with Crippen molar-refractivity contribution in [1.82, 2.24) is 9.79 Å². The lowest BCUT2D eigenvalue weighted by molar-refractivity contribution is -0.384. The minimum absolute atomic E-state index is 0.0153. The molecule has 2 aromatic carbocycles. The van der Waals surface area contributed by atoms with E-state index in [1.807, 2.05) is 31.2 Å². The number of nitro groups is 1. The first kappa shape index (κ1) is 19.4. The molecular weight excluding hydrogens is 370 g/mol. The van der Waals surface area contributed by atoms with E-state index in [-0.39, 0.29) is 18.8 Å². The van der Waals surface area contributed by atoms with Crippen molar-refractivity contribution < 1.29 is 18.2 Å². The van der Waals surface area contributed by atoms with Crippen LogP contribution in [0.1, 0.15) is 22.7 Å². The number of benzene rings is 2. The minimum Gasteiger partial charge on any atom is -0.297 e. The Bertz CT molecular complexity index is 913. The third kappa shape index (κ3) is 4.33. The first-order valence-electron chi connectivity index (χ1n) is 8.42. The molecule has 0 spiro atoms. The highest BCUT2D eigenvalue weighted by Gasteiger charge is 2.43. The second-order valence-corrected chi connectivity index (χ2v) is 8.51. The molecule has 0 bridgehead atoms. The third-order valence-electron chi connectivity index (χ3n) is 4.63. The average molecular weight is 391 g/mol. The molecule has 1 aliphatic rings. The summed E-state index contributed by atoms with van der Waals surface area (Å²) in [5.41, 5.74) is 2.57. The Hall–Kier alpha value is -2.33. The van der Waals surface area contributed by atoms with Gasteiger partial charge in [-0.15, -0.1) is 0 Å². The van der Waals surface area contributed by atoms with Crippen molar-refractivity contribution in [3.8, 4) is 0 Å². The Morgan fingerprint density at radius 1 is 1.19 bits per heavy atom. The van der Waals surface area contributed by atoms with E-state index < -0.39 is 26.2 Å². The Morgan fingerprint density at radius 3 is 2.41 bits per heavy atom. The maximum Gasteiger partial charge on any atom is 0.269 e. The zero-order valence-electron chi connectivity index (χ0n) is 15.0. The number of nitro benzene ring substituents is 1. The molecule has 0 aromatic heterocycles. The molecule has 0 radical (unpaired) electrons. The molecule has 1 fully saturated rings. The topological polar surface area (TPSA) is 102 Å². The molecule has 0 saturated carbocycles. The number of nitrogens with one attached hydrogen (secondary N) is 1. The Kier molecular flexibility index (Phi) is 5.56. The lowest BCUT2D eigenvalue weighted by Gasteiger charge is -2.23. The van der Waals surface area contributed by atoms with Crippen LogP contribution in [-0.2, 0) is 21.4 Å². The van der Waals surface area contributed by atoms with E-state index in [0.717, 1.165) is 11.1 Å². The second kappa shape index (κ2) is 7.73. The normalized spacial score (nSPS) is 20.7. The van der Waals surface area contributed by atoms with Crippen LogP contribution in [-0.4, -0.2) is 37.3 Å². The fraction of sp³-hybridized carbons (Fsp3) is 0.333. The first-order valence-corrected chi connectivity index (χ1v) is 9.96. The van der Waals surface area contributed by atoms with E-state index in [1.165, 1.54) is 17.2 Å². The van der Waals surface area contributed by atoms with Gasteiger partial charge in [0.25, 0.3) is 5.69 Å². The largest absolute Gasteiger partial charge is 0.297 e. The second-order valence-electron chi connectivity index (χ2n) is 6.53. The number of hydrogen-bond donors (Lipinski definition) is 1. The van der Waals surface area contributed by atoms with Crippen LogP contribution < -0.4 is 4.72 Å². The van der Waals surface area contributed by atoms with Gasteiger partial charge in [0.15, 0.2) is 0 Å². The quantitative estimate of drug-likeness (QED) is 0.599. The van der Waals surface area contributed by atoms with Gasteiger partial charge in [0, 0.05) is 25.7 Å². The summed E-state index contributed by atoms with van der Waals surface area (Å²) in [5, 5.41) is 11.5. The van der Waals surface area contributed by atoms with Gasteiger partial charge in [0.1, 0.15) is 5.25 Å². The molecule has 27 heavy (non-hydrogen) atoms. The molecule has 0 aliphatic carbocycles. The van der Waals surface area contributed by atoms with E-state index in [1.54, 1.807) is 19.2 Å². The van der Waals surface area contributed by atoms with E-state index in [0.29, 0.717) is 5.56 Å². The van der Waals surface area contributed by atoms with E-state index >= 15 is 0 Å². The molecule has 8 nitrogen and oxygen atoms in total. The molecule has 3 rings (SSSR count). The molecule has 1 N–H and O–H groups in total. The molecule has 0 unspecified atom stereocenters. The van der Waals surface area contributed by atoms with Gasteiger partial charge in [0.05, 0.1) is 17.6 Å². The van der Waals surface area contributed by atoms with Gasteiger partial charge in [-0.3, -0.25) is 15.0 Å². The highest BCUT2D eigenvalue weighted by molar-refractivity contribution is 7.90. The van der Waals surface area contributed by atoms with E-state index in [9.17, 15) is 18.5 Å². The summed E-state index contributed by atoms with van der Waals surface area (Å²) in [6, 6.07) is 12.9. The van der Waals surface area contributed by atoms with Crippen LogP contribution in [0.5, 0.6) is 0 Å². The molecule has 1 heterocycles. The van der Waals surface area contributed by atoms with Crippen LogP contribution >= 0.6 is 0 Å². The number of rotatable bonds is 6. The summed E-state index contributed by atoms with van der Waals surface area (Å²) >= 11 is 0. The summed E-state index contributed by atoms with van der Waals surface area (Å²) in [5.74, 6) is 0. The highest BCUT2D eigenvalue weighted by Crippen LogP contribution is 2.34. The molecule has 2 atom stereocenters. The monoisotopic (exact) mass is 391 g/mol. The maximum atomic E-state index is 12.9. The number of aryl methyl sites for hydroxylation is 1. The predicted molar refractivity (Wildman–Crippen MR) is 100 cm³/mol. The average Bonchev–Trinajstić information content (AvgIpc) is 3.04. The SMILES string of the molecule is Cc1ccc(CNS(=O)(=O)[C@H]2CON(C)[C@@H]2c2ccc([N+](=O)[O-])cc2)cc1. The van der Waals surface area contributed by atoms with Crippen molar-refractivity contribution in [3.63, 3.8) is 0 Å². The fourth-order valence-corrected chi connectivity index (χ4v) is 4.56. The van der Waals surface area contributed by atoms with Crippen LogP contribution in [0, 0.1) is 17.0 Å². The smallest absolute Gasteiger partial charge is 0.269 e. The summed E-state index contributed by atoms with van der Waals surface area (Å²) in [7, 11) is -2.02. The molecule has 1 aliphatic heterocycles. The van der Waals surface area contributed by atoms with E-state index in [4.69, 9.17) is 4.84 Å². The van der Waals surface area contributed by atoms with Crippen LogP contribution in [0.25, 0.3) is 0 Å². The van der Waals surface area contributed by atoms with Crippen molar-refractivity contribution in [2.75, 3.05) is 13.7 Å². The predicted octanol–water partition coefficient (Wildman–Crippen LogP) is 2.31. The zero-order chi connectivity index (χ0) is 19.6. The number of hydrogen-bond acceptors (Lipinski definition) is 6. The van der Waals surface area contributed by atoms with Crippen LogP contribution in [0.3, 0.4) is 0 Å². The highest BCUT2D eigenvalue weighted by atomic mass is 32.2. The molecular formula is C18H21N3O5S. The van der Waals surface area contributed by atoms with Crippen LogP contribution in [0.15, 0.2) is 48.5 Å². The molecule has 144 valence electrons. The lowest BCUT2D eigenvalue weighted by atomic mass is 10.0. The summed E-state index contributed by atoms with van der Waals surface area (Å²) in [6.07, 6.45) is 0. The number of sulfonamides is 1. The lowest BCUT2D eigenvalue weighted by Crippen LogP contribution is -2.39. The number of nitrogens with zero attached hydrogens (tertiary/aromatic N) is 2. The van der Waals surface area contributed by atoms with Crippen LogP contribution in [0.4, 0.5) is 5.69 Å². The Morgan fingerprint density at radius 2 is 1.81 bits per heavy atom. The van der Waals surface area contributed by atoms with Crippen molar-refractivity contribution in [3.05, 3.63) is 75.3 Å². The summed E-state index contributed by atoms with van der Waals surface area (Å²) in [4.78, 5) is 15.8. The first-order chi connectivity index (χ1) is 12.8. The Labute approximate surface area is 157 Å². The minimum atomic E-state index is -3.68. The van der Waals surface area contributed by atoms with Crippen molar-refractivity contribution in [2.45, 2.75) is 24.8 Å². The Balaban J connectivity index is 1.78. The zero-order valence-corrected chi connectivity index (χ0v) is 15.8. The van der Waals surface area contributed by atoms with Gasteiger partial charge in [-0.05, 0) is 18.1 Å². The molecule has 9 heteroatoms. The van der Waals surface area contributed by atoms with Gasteiger partial charge in [-0.2, -0.15) is 5.06 Å². The van der Waals surface area contributed by atoms with Crippen molar-refractivity contribution in [1.29, 1.82) is 0 Å². The third-order valence-corrected chi connectivity index (χ3v) is 6.37. The van der Waals surface area contributed by atoms with Crippen molar-refractivity contribution >= 4 is 15.7 Å². The van der Waals surface area contributed by atoms with Gasteiger partial charge < -0.3 is 0 Å². The van der Waals surface area contributed by atoms with Gasteiger partial charge in [-0.25, -0.2) is 13.1 Å². The number of hydroxylamine groups is 2. The van der Waals surface area contributed by atoms with Crippen LogP contribution in [0.2, 0.25) is 0 Å². The molecule has 1 saturated heterocycles. The van der Waals surface area contributed by atoms with Gasteiger partial charge >= 0.3 is 0 Å². The number of non-ortho nitro benzene ring substituents is 1. The van der Waals surface area contributed by atoms with E-state index in [2.05, 4.69) is 4.72 Å². The fourth-order valence-electron chi connectivity index (χ4n) is 3.07. The van der Waals surface area contributed by atoms with Crippen molar-refractivity contribution in [2.24, 2.45) is 0 Å².